The lowest BCUT2D eigenvalue weighted by Crippen LogP contribution is -2.24. The standard InChI is InChI=1S/C31H30N2O3/c1-35-26-16-10-22(11-17-26)20-33-31(34)30-19-29(30)24-12-14-25(15-13-24)32-21-23-6-5-9-28(18-23)36-27-7-3-2-4-8-27/h2-18,29-30,32H,19-21H2,1H3,(H,33,34)/t29-,30+/m0/s1. The highest BCUT2D eigenvalue weighted by Crippen LogP contribution is 2.47. The number of ether oxygens (including phenoxy) is 2. The highest BCUT2D eigenvalue weighted by molar-refractivity contribution is 5.82. The first-order chi connectivity index (χ1) is 17.7. The highest BCUT2D eigenvalue weighted by Gasteiger charge is 2.43. The lowest BCUT2D eigenvalue weighted by Gasteiger charge is -2.10. The van der Waals surface area contributed by atoms with E-state index in [-0.39, 0.29) is 11.8 Å². The van der Waals surface area contributed by atoms with Crippen molar-refractivity contribution >= 4 is 11.6 Å². The summed E-state index contributed by atoms with van der Waals surface area (Å²) in [4.78, 5) is 12.6. The van der Waals surface area contributed by atoms with Crippen LogP contribution in [0.4, 0.5) is 5.69 Å². The Balaban J connectivity index is 1.09. The number of amides is 1. The third kappa shape index (κ3) is 6.05. The fourth-order valence-electron chi connectivity index (χ4n) is 4.31. The minimum atomic E-state index is 0.0504. The third-order valence-corrected chi connectivity index (χ3v) is 6.47. The van der Waals surface area contributed by atoms with E-state index in [1.165, 1.54) is 5.56 Å². The van der Waals surface area contributed by atoms with Crippen molar-refractivity contribution in [1.82, 2.24) is 5.32 Å². The van der Waals surface area contributed by atoms with Gasteiger partial charge >= 0.3 is 0 Å². The van der Waals surface area contributed by atoms with Crippen molar-refractivity contribution in [2.24, 2.45) is 5.92 Å². The molecule has 0 unspecified atom stereocenters. The molecule has 0 saturated heterocycles. The Morgan fingerprint density at radius 3 is 2.28 bits per heavy atom. The summed E-state index contributed by atoms with van der Waals surface area (Å²) >= 11 is 0. The molecule has 1 saturated carbocycles. The Kier molecular flexibility index (Phi) is 7.17. The van der Waals surface area contributed by atoms with Gasteiger partial charge in [0.15, 0.2) is 0 Å². The molecule has 0 radical (unpaired) electrons. The number of para-hydroxylation sites is 1. The zero-order valence-corrected chi connectivity index (χ0v) is 20.3. The molecule has 0 aromatic heterocycles. The van der Waals surface area contributed by atoms with Gasteiger partial charge in [0, 0.05) is 24.7 Å². The van der Waals surface area contributed by atoms with E-state index >= 15 is 0 Å². The van der Waals surface area contributed by atoms with E-state index in [1.807, 2.05) is 72.8 Å². The Labute approximate surface area is 212 Å². The van der Waals surface area contributed by atoms with Gasteiger partial charge in [-0.2, -0.15) is 0 Å². The molecule has 1 amide bonds. The van der Waals surface area contributed by atoms with Gasteiger partial charge in [-0.1, -0.05) is 54.6 Å². The van der Waals surface area contributed by atoms with Crippen LogP contribution in [0.25, 0.3) is 0 Å². The van der Waals surface area contributed by atoms with Crippen LogP contribution in [0.15, 0.2) is 103 Å². The number of benzene rings is 4. The predicted molar refractivity (Wildman–Crippen MR) is 142 cm³/mol. The molecule has 5 heteroatoms. The van der Waals surface area contributed by atoms with Crippen molar-refractivity contribution in [2.45, 2.75) is 25.4 Å². The average Bonchev–Trinajstić information content (AvgIpc) is 3.73. The Morgan fingerprint density at radius 1 is 0.778 bits per heavy atom. The van der Waals surface area contributed by atoms with Crippen LogP contribution in [0.5, 0.6) is 17.2 Å². The van der Waals surface area contributed by atoms with Gasteiger partial charge in [0.1, 0.15) is 17.2 Å². The van der Waals surface area contributed by atoms with E-state index in [2.05, 4.69) is 41.0 Å². The van der Waals surface area contributed by atoms with Gasteiger partial charge in [0.05, 0.1) is 7.11 Å². The molecule has 4 aromatic carbocycles. The van der Waals surface area contributed by atoms with Crippen molar-refractivity contribution in [3.05, 3.63) is 120 Å². The van der Waals surface area contributed by atoms with Crippen LogP contribution in [-0.2, 0) is 17.9 Å². The number of carbonyl (C=O) groups excluding carboxylic acids is 1. The molecular weight excluding hydrogens is 448 g/mol. The lowest BCUT2D eigenvalue weighted by molar-refractivity contribution is -0.122. The topological polar surface area (TPSA) is 59.6 Å². The van der Waals surface area contributed by atoms with Crippen molar-refractivity contribution in [2.75, 3.05) is 12.4 Å². The van der Waals surface area contributed by atoms with E-state index in [0.29, 0.717) is 19.0 Å². The van der Waals surface area contributed by atoms with E-state index in [0.717, 1.165) is 40.5 Å². The number of carbonyl (C=O) groups is 1. The molecule has 0 aliphatic heterocycles. The first kappa shape index (κ1) is 23.5. The maximum atomic E-state index is 12.6. The summed E-state index contributed by atoms with van der Waals surface area (Å²) in [5.74, 6) is 2.93. The second-order valence-electron chi connectivity index (χ2n) is 9.05. The summed E-state index contributed by atoms with van der Waals surface area (Å²) in [5.41, 5.74) is 4.47. The van der Waals surface area contributed by atoms with Gasteiger partial charge in [-0.05, 0) is 77.6 Å². The number of anilines is 1. The van der Waals surface area contributed by atoms with Crippen LogP contribution < -0.4 is 20.1 Å². The van der Waals surface area contributed by atoms with Crippen LogP contribution in [0.2, 0.25) is 0 Å². The molecule has 5 nitrogen and oxygen atoms in total. The first-order valence-electron chi connectivity index (χ1n) is 12.2. The minimum absolute atomic E-state index is 0.0504. The van der Waals surface area contributed by atoms with Gasteiger partial charge in [-0.15, -0.1) is 0 Å². The lowest BCUT2D eigenvalue weighted by atomic mass is 10.1. The molecule has 0 bridgehead atoms. The maximum Gasteiger partial charge on any atom is 0.224 e. The van der Waals surface area contributed by atoms with Crippen molar-refractivity contribution in [3.63, 3.8) is 0 Å². The molecular formula is C31H30N2O3. The third-order valence-electron chi connectivity index (χ3n) is 6.47. The Morgan fingerprint density at radius 2 is 1.53 bits per heavy atom. The van der Waals surface area contributed by atoms with Gasteiger partial charge in [0.25, 0.3) is 0 Å². The van der Waals surface area contributed by atoms with Crippen LogP contribution in [-0.4, -0.2) is 13.0 Å². The van der Waals surface area contributed by atoms with Crippen LogP contribution in [0.3, 0.4) is 0 Å². The van der Waals surface area contributed by atoms with Crippen molar-refractivity contribution in [1.29, 1.82) is 0 Å². The fraction of sp³-hybridized carbons (Fsp3) is 0.194. The summed E-state index contributed by atoms with van der Waals surface area (Å²) in [6, 6.07) is 34.1. The zero-order chi connectivity index (χ0) is 24.7. The quantitative estimate of drug-likeness (QED) is 0.272. The normalized spacial score (nSPS) is 16.1. The molecule has 1 aliphatic rings. The first-order valence-corrected chi connectivity index (χ1v) is 12.2. The van der Waals surface area contributed by atoms with Crippen LogP contribution >= 0.6 is 0 Å². The largest absolute Gasteiger partial charge is 0.497 e. The number of hydrogen-bond donors (Lipinski definition) is 2. The molecule has 2 N–H and O–H groups in total. The molecule has 1 fully saturated rings. The molecule has 36 heavy (non-hydrogen) atoms. The summed E-state index contributed by atoms with van der Waals surface area (Å²) in [7, 11) is 1.65. The minimum Gasteiger partial charge on any atom is -0.497 e. The van der Waals surface area contributed by atoms with E-state index in [1.54, 1.807) is 7.11 Å². The highest BCUT2D eigenvalue weighted by atomic mass is 16.5. The fourth-order valence-corrected chi connectivity index (χ4v) is 4.31. The van der Waals surface area contributed by atoms with Gasteiger partial charge in [-0.3, -0.25) is 4.79 Å². The molecule has 0 heterocycles. The van der Waals surface area contributed by atoms with Gasteiger partial charge < -0.3 is 20.1 Å². The molecule has 2 atom stereocenters. The molecule has 182 valence electrons. The second-order valence-corrected chi connectivity index (χ2v) is 9.05. The maximum absolute atomic E-state index is 12.6. The average molecular weight is 479 g/mol. The Bertz CT molecular complexity index is 1290. The summed E-state index contributed by atoms with van der Waals surface area (Å²) in [6.07, 6.45) is 0.898. The number of hydrogen-bond acceptors (Lipinski definition) is 4. The SMILES string of the molecule is COc1ccc(CNC(=O)[C@@H]2C[C@H]2c2ccc(NCc3cccc(Oc4ccccc4)c3)cc2)cc1. The zero-order valence-electron chi connectivity index (χ0n) is 20.3. The monoisotopic (exact) mass is 478 g/mol. The van der Waals surface area contributed by atoms with E-state index < -0.39 is 0 Å². The van der Waals surface area contributed by atoms with Crippen LogP contribution in [0.1, 0.15) is 29.0 Å². The Hall–Kier alpha value is -4.25. The smallest absolute Gasteiger partial charge is 0.224 e. The van der Waals surface area contributed by atoms with Crippen molar-refractivity contribution in [3.8, 4) is 17.2 Å². The molecule has 4 aromatic rings. The van der Waals surface area contributed by atoms with E-state index in [4.69, 9.17) is 9.47 Å². The predicted octanol–water partition coefficient (Wildman–Crippen LogP) is 6.52. The van der Waals surface area contributed by atoms with Crippen molar-refractivity contribution < 1.29 is 14.3 Å². The van der Waals surface area contributed by atoms with Gasteiger partial charge in [0.2, 0.25) is 5.91 Å². The van der Waals surface area contributed by atoms with Crippen LogP contribution in [0, 0.1) is 5.92 Å². The summed E-state index contributed by atoms with van der Waals surface area (Å²) < 4.78 is 11.1. The summed E-state index contributed by atoms with van der Waals surface area (Å²) in [5, 5.41) is 6.54. The number of rotatable bonds is 10. The second kappa shape index (κ2) is 11.0. The summed E-state index contributed by atoms with van der Waals surface area (Å²) in [6.45, 7) is 1.23. The molecule has 0 spiro atoms. The molecule has 5 rings (SSSR count). The number of nitrogens with one attached hydrogen (secondary N) is 2. The molecule has 1 aliphatic carbocycles. The van der Waals surface area contributed by atoms with E-state index in [9.17, 15) is 4.79 Å². The van der Waals surface area contributed by atoms with Gasteiger partial charge in [-0.25, -0.2) is 0 Å². The number of methoxy groups -OCH3 is 1.